The Bertz CT molecular complexity index is 450. The van der Waals surface area contributed by atoms with Crippen molar-refractivity contribution >= 4 is 29.3 Å². The lowest BCUT2D eigenvalue weighted by Gasteiger charge is -2.14. The van der Waals surface area contributed by atoms with Gasteiger partial charge in [0.2, 0.25) is 0 Å². The van der Waals surface area contributed by atoms with E-state index in [-0.39, 0.29) is 11.8 Å². The van der Waals surface area contributed by atoms with Crippen LogP contribution in [0, 0.1) is 0 Å². The average molecular weight is 233 g/mol. The summed E-state index contributed by atoms with van der Waals surface area (Å²) in [4.78, 5) is 24.1. The van der Waals surface area contributed by atoms with E-state index >= 15 is 0 Å². The first kappa shape index (κ1) is 11.0. The summed E-state index contributed by atoms with van der Waals surface area (Å²) in [5.74, 6) is 0.329. The topological polar surface area (TPSA) is 37.4 Å². The molecule has 16 heavy (non-hydrogen) atoms. The van der Waals surface area contributed by atoms with Gasteiger partial charge in [-0.15, -0.1) is 0 Å². The minimum atomic E-state index is -0.272. The minimum absolute atomic E-state index is 0.272. The van der Waals surface area contributed by atoms with Crippen molar-refractivity contribution in [2.24, 2.45) is 0 Å². The number of amides is 2. The van der Waals surface area contributed by atoms with E-state index in [9.17, 15) is 9.59 Å². The van der Waals surface area contributed by atoms with E-state index in [4.69, 9.17) is 0 Å². The molecule has 0 aromatic heterocycles. The highest BCUT2D eigenvalue weighted by atomic mass is 32.2. The van der Waals surface area contributed by atoms with Gasteiger partial charge in [0.15, 0.2) is 0 Å². The Morgan fingerprint density at radius 2 is 1.88 bits per heavy atom. The number of carbonyl (C=O) groups is 2. The summed E-state index contributed by atoms with van der Waals surface area (Å²) in [5.41, 5.74) is 1.75. The van der Waals surface area contributed by atoms with Crippen LogP contribution >= 0.6 is 11.8 Å². The fraction of sp³-hybridized carbons (Fsp3) is 0.167. The van der Waals surface area contributed by atoms with Gasteiger partial charge in [0, 0.05) is 17.9 Å². The van der Waals surface area contributed by atoms with E-state index in [2.05, 4.69) is 0 Å². The minimum Gasteiger partial charge on any atom is -0.269 e. The summed E-state index contributed by atoms with van der Waals surface area (Å²) in [6.07, 6.45) is 4.60. The van der Waals surface area contributed by atoms with Crippen LogP contribution in [0.1, 0.15) is 5.56 Å². The number of hydrogen-bond acceptors (Lipinski definition) is 3. The summed E-state index contributed by atoms with van der Waals surface area (Å²) in [6, 6.07) is 7.49. The van der Waals surface area contributed by atoms with Crippen LogP contribution in [0.3, 0.4) is 0 Å². The number of carbonyl (C=O) groups excluding carboxylic acids is 2. The van der Waals surface area contributed by atoms with Crippen LogP contribution in [0.2, 0.25) is 0 Å². The van der Waals surface area contributed by atoms with Gasteiger partial charge in [-0.3, -0.25) is 9.59 Å². The summed E-state index contributed by atoms with van der Waals surface area (Å²) < 4.78 is 0. The van der Waals surface area contributed by atoms with Gasteiger partial charge in [-0.25, -0.2) is 4.90 Å². The van der Waals surface area contributed by atoms with Crippen LogP contribution in [0.5, 0.6) is 0 Å². The molecule has 1 heterocycles. The smallest absolute Gasteiger partial charge is 0.258 e. The maximum atomic E-state index is 11.5. The molecule has 82 valence electrons. The first-order valence-corrected chi connectivity index (χ1v) is 6.26. The Morgan fingerprint density at radius 3 is 2.50 bits per heavy atom. The van der Waals surface area contributed by atoms with Crippen molar-refractivity contribution in [2.45, 2.75) is 5.75 Å². The number of anilines is 1. The second-order valence-electron chi connectivity index (χ2n) is 3.45. The molecule has 3 nitrogen and oxygen atoms in total. The quantitative estimate of drug-likeness (QED) is 0.749. The number of imide groups is 1. The highest BCUT2D eigenvalue weighted by Gasteiger charge is 2.24. The predicted octanol–water partition coefficient (Wildman–Crippen LogP) is 1.98. The Labute approximate surface area is 98.1 Å². The molecule has 2 rings (SSSR count). The normalized spacial score (nSPS) is 14.9. The first-order valence-electron chi connectivity index (χ1n) is 4.86. The Hall–Kier alpha value is -1.55. The summed E-state index contributed by atoms with van der Waals surface area (Å²) >= 11 is 1.70. The van der Waals surface area contributed by atoms with Gasteiger partial charge >= 0.3 is 0 Å². The molecule has 0 fully saturated rings. The molecule has 2 amide bonds. The van der Waals surface area contributed by atoms with E-state index in [1.165, 1.54) is 17.1 Å². The zero-order valence-corrected chi connectivity index (χ0v) is 9.66. The van der Waals surface area contributed by atoms with Crippen molar-refractivity contribution in [1.82, 2.24) is 0 Å². The van der Waals surface area contributed by atoms with Crippen molar-refractivity contribution < 1.29 is 9.59 Å². The molecule has 1 aromatic rings. The fourth-order valence-electron chi connectivity index (χ4n) is 1.61. The van der Waals surface area contributed by atoms with Crippen molar-refractivity contribution in [3.8, 4) is 0 Å². The molecule has 0 saturated heterocycles. The molecule has 0 saturated carbocycles. The van der Waals surface area contributed by atoms with Gasteiger partial charge in [-0.2, -0.15) is 11.8 Å². The van der Waals surface area contributed by atoms with Gasteiger partial charge in [0.05, 0.1) is 5.69 Å². The molecule has 0 spiro atoms. The molecular weight excluding hydrogens is 222 g/mol. The fourth-order valence-corrected chi connectivity index (χ4v) is 2.12. The van der Waals surface area contributed by atoms with Crippen molar-refractivity contribution in [2.75, 3.05) is 11.2 Å². The van der Waals surface area contributed by atoms with Crippen molar-refractivity contribution in [1.29, 1.82) is 0 Å². The van der Waals surface area contributed by atoms with Gasteiger partial charge in [0.1, 0.15) is 0 Å². The van der Waals surface area contributed by atoms with Crippen molar-refractivity contribution in [3.05, 3.63) is 42.0 Å². The first-order chi connectivity index (χ1) is 7.72. The third-order valence-corrected chi connectivity index (χ3v) is 2.91. The Morgan fingerprint density at radius 1 is 1.19 bits per heavy atom. The van der Waals surface area contributed by atoms with Crippen LogP contribution in [0.4, 0.5) is 5.69 Å². The number of thioether (sulfide) groups is 1. The molecule has 1 aliphatic heterocycles. The second-order valence-corrected chi connectivity index (χ2v) is 4.31. The van der Waals surface area contributed by atoms with Gasteiger partial charge in [-0.1, -0.05) is 12.1 Å². The highest BCUT2D eigenvalue weighted by Crippen LogP contribution is 2.21. The zero-order valence-electron chi connectivity index (χ0n) is 8.84. The van der Waals surface area contributed by atoms with Crippen LogP contribution in [0.25, 0.3) is 0 Å². The van der Waals surface area contributed by atoms with Gasteiger partial charge < -0.3 is 0 Å². The predicted molar refractivity (Wildman–Crippen MR) is 65.3 cm³/mol. The molecule has 0 aliphatic carbocycles. The lowest BCUT2D eigenvalue weighted by Crippen LogP contribution is -2.29. The van der Waals surface area contributed by atoms with Gasteiger partial charge in [0.25, 0.3) is 11.8 Å². The number of rotatable bonds is 3. The Balaban J connectivity index is 2.30. The third-order valence-electron chi connectivity index (χ3n) is 2.29. The van der Waals surface area contributed by atoms with Crippen LogP contribution in [-0.4, -0.2) is 18.1 Å². The maximum absolute atomic E-state index is 11.5. The SMILES string of the molecule is CSCc1cccc(N2C(=O)C=CC2=O)c1. The van der Waals surface area contributed by atoms with Gasteiger partial charge in [-0.05, 0) is 24.0 Å². The van der Waals surface area contributed by atoms with Crippen LogP contribution < -0.4 is 4.90 Å². The van der Waals surface area contributed by atoms with Crippen molar-refractivity contribution in [3.63, 3.8) is 0 Å². The molecule has 0 N–H and O–H groups in total. The van der Waals surface area contributed by atoms with Crippen LogP contribution in [-0.2, 0) is 15.3 Å². The number of hydrogen-bond donors (Lipinski definition) is 0. The lowest BCUT2D eigenvalue weighted by molar-refractivity contribution is -0.119. The monoisotopic (exact) mass is 233 g/mol. The maximum Gasteiger partial charge on any atom is 0.258 e. The third kappa shape index (κ3) is 2.02. The highest BCUT2D eigenvalue weighted by molar-refractivity contribution is 7.97. The molecule has 0 unspecified atom stereocenters. The molecule has 1 aromatic carbocycles. The molecule has 4 heteroatoms. The van der Waals surface area contributed by atoms with E-state index in [0.717, 1.165) is 11.3 Å². The summed E-state index contributed by atoms with van der Waals surface area (Å²) in [5, 5.41) is 0. The van der Waals surface area contributed by atoms with E-state index in [0.29, 0.717) is 5.69 Å². The lowest BCUT2D eigenvalue weighted by atomic mass is 10.2. The number of nitrogens with zero attached hydrogens (tertiary/aromatic N) is 1. The Kier molecular flexibility index (Phi) is 3.10. The zero-order chi connectivity index (χ0) is 11.5. The molecular formula is C12H11NO2S. The van der Waals surface area contributed by atoms with Crippen LogP contribution in [0.15, 0.2) is 36.4 Å². The van der Waals surface area contributed by atoms with E-state index in [1.54, 1.807) is 17.8 Å². The van der Waals surface area contributed by atoms with E-state index in [1.807, 2.05) is 24.5 Å². The molecule has 0 bridgehead atoms. The second kappa shape index (κ2) is 4.53. The summed E-state index contributed by atoms with van der Waals surface area (Å²) in [7, 11) is 0. The summed E-state index contributed by atoms with van der Waals surface area (Å²) in [6.45, 7) is 0. The number of benzene rings is 1. The standard InChI is InChI=1S/C12H11NO2S/c1-16-8-9-3-2-4-10(7-9)13-11(14)5-6-12(13)15/h2-7H,8H2,1H3. The molecule has 1 aliphatic rings. The average Bonchev–Trinajstić information content (AvgIpc) is 2.59. The molecule has 0 atom stereocenters. The molecule has 0 radical (unpaired) electrons. The van der Waals surface area contributed by atoms with E-state index < -0.39 is 0 Å². The largest absolute Gasteiger partial charge is 0.269 e.